The van der Waals surface area contributed by atoms with E-state index in [9.17, 15) is 9.59 Å². The molecule has 0 saturated carbocycles. The molecule has 9 nitrogen and oxygen atoms in total. The third-order valence-electron chi connectivity index (χ3n) is 9.01. The van der Waals surface area contributed by atoms with Crippen molar-refractivity contribution >= 4 is 46.5 Å². The van der Waals surface area contributed by atoms with E-state index in [0.29, 0.717) is 50.0 Å². The number of halogens is 2. The number of aromatic amines is 1. The summed E-state index contributed by atoms with van der Waals surface area (Å²) in [6.45, 7) is 3.29. The molecule has 2 bridgehead atoms. The second kappa shape index (κ2) is 15.7. The van der Waals surface area contributed by atoms with E-state index in [2.05, 4.69) is 15.2 Å². The first-order valence-electron chi connectivity index (χ1n) is 15.9. The lowest BCUT2D eigenvalue weighted by atomic mass is 9.86. The molecule has 3 atom stereocenters. The minimum Gasteiger partial charge on any atom is -0.493 e. The van der Waals surface area contributed by atoms with E-state index in [4.69, 9.17) is 42.1 Å². The highest BCUT2D eigenvalue weighted by Gasteiger charge is 2.38. The molecule has 2 aromatic carbocycles. The molecule has 12 heteroatoms. The van der Waals surface area contributed by atoms with Gasteiger partial charge < -0.3 is 18.9 Å². The first-order valence-corrected chi connectivity index (χ1v) is 17.5. The van der Waals surface area contributed by atoms with Crippen molar-refractivity contribution in [2.75, 3.05) is 33.9 Å². The van der Waals surface area contributed by atoms with Gasteiger partial charge in [0, 0.05) is 25.1 Å². The number of hydrogen-bond acceptors (Lipinski definition) is 9. The van der Waals surface area contributed by atoms with Crippen molar-refractivity contribution in [3.05, 3.63) is 110 Å². The predicted octanol–water partition coefficient (Wildman–Crippen LogP) is 6.50. The number of fused-ring (bicyclic) bond motifs is 3. The summed E-state index contributed by atoms with van der Waals surface area (Å²) >= 11 is 14.2. The molecule has 2 N–H and O–H groups in total. The van der Waals surface area contributed by atoms with E-state index in [1.165, 1.54) is 11.3 Å². The van der Waals surface area contributed by atoms with Crippen molar-refractivity contribution in [3.63, 3.8) is 0 Å². The average molecular weight is 712 g/mol. The van der Waals surface area contributed by atoms with Gasteiger partial charge in [-0.25, -0.2) is 14.6 Å². The molecule has 0 spiro atoms. The molecule has 7 rings (SSSR count). The van der Waals surface area contributed by atoms with Gasteiger partial charge in [0.2, 0.25) is 0 Å². The number of methoxy groups -OCH3 is 2. The summed E-state index contributed by atoms with van der Waals surface area (Å²) < 4.78 is 23.1. The number of benzene rings is 2. The van der Waals surface area contributed by atoms with Crippen LogP contribution in [0.5, 0.6) is 11.5 Å². The van der Waals surface area contributed by atoms with E-state index < -0.39 is 18.1 Å². The van der Waals surface area contributed by atoms with Crippen molar-refractivity contribution in [1.82, 2.24) is 10.2 Å². The number of piperidine rings is 3. The molecule has 252 valence electrons. The highest BCUT2D eigenvalue weighted by Crippen LogP contribution is 2.36. The lowest BCUT2D eigenvalue weighted by Gasteiger charge is -2.44. The zero-order chi connectivity index (χ0) is 33.6. The molecular formula is C36H38Cl2N3O6S+. The summed E-state index contributed by atoms with van der Waals surface area (Å²) in [5.41, 5.74) is 2.99. The number of pyridine rings is 1. The number of H-pyrrole nitrogens is 1. The van der Waals surface area contributed by atoms with Crippen LogP contribution in [0.15, 0.2) is 72.4 Å². The van der Waals surface area contributed by atoms with Crippen molar-refractivity contribution in [1.29, 1.82) is 0 Å². The van der Waals surface area contributed by atoms with Crippen molar-refractivity contribution in [2.24, 2.45) is 5.92 Å². The molecule has 3 aliphatic rings. The third kappa shape index (κ3) is 7.96. The maximum absolute atomic E-state index is 13.6. The Balaban J connectivity index is 1.17. The first kappa shape index (κ1) is 34.2. The highest BCUT2D eigenvalue weighted by atomic mass is 35.5. The topological polar surface area (TPSA) is 100 Å². The Kier molecular flexibility index (Phi) is 11.2. The Labute approximate surface area is 294 Å². The maximum atomic E-state index is 13.6. The molecule has 3 aliphatic heterocycles. The second-order valence-electron chi connectivity index (χ2n) is 12.0. The van der Waals surface area contributed by atoms with Gasteiger partial charge in [-0.15, -0.1) is 11.3 Å². The number of esters is 2. The first-order chi connectivity index (χ1) is 23.3. The van der Waals surface area contributed by atoms with Crippen LogP contribution < -0.4 is 19.8 Å². The molecule has 0 radical (unpaired) electrons. The lowest BCUT2D eigenvalue weighted by molar-refractivity contribution is -0.377. The predicted molar refractivity (Wildman–Crippen MR) is 184 cm³/mol. The van der Waals surface area contributed by atoms with E-state index >= 15 is 0 Å². The third-order valence-corrected chi connectivity index (χ3v) is 10.6. The fourth-order valence-electron chi connectivity index (χ4n) is 6.36. The van der Waals surface area contributed by atoms with Crippen LogP contribution in [-0.2, 0) is 27.2 Å². The van der Waals surface area contributed by atoms with E-state index in [1.807, 2.05) is 41.8 Å². The number of thiophene rings is 1. The minimum atomic E-state index is -0.734. The van der Waals surface area contributed by atoms with Crippen LogP contribution in [0.4, 0.5) is 0 Å². The normalized spacial score (nSPS) is 19.7. The molecule has 3 fully saturated rings. The van der Waals surface area contributed by atoms with E-state index in [-0.39, 0.29) is 18.5 Å². The zero-order valence-corrected chi connectivity index (χ0v) is 29.1. The molecule has 2 aromatic heterocycles. The quantitative estimate of drug-likeness (QED) is 0.157. The highest BCUT2D eigenvalue weighted by molar-refractivity contribution is 7.12. The van der Waals surface area contributed by atoms with Gasteiger partial charge in [-0.1, -0.05) is 59.6 Å². The average Bonchev–Trinajstić information content (AvgIpc) is 3.59. The van der Waals surface area contributed by atoms with E-state index in [0.717, 1.165) is 43.6 Å². The maximum Gasteiger partial charge on any atom is 0.348 e. The van der Waals surface area contributed by atoms with Gasteiger partial charge in [-0.3, -0.25) is 10.2 Å². The summed E-state index contributed by atoms with van der Waals surface area (Å²) in [6.07, 6.45) is 4.79. The molecule has 48 heavy (non-hydrogen) atoms. The van der Waals surface area contributed by atoms with Crippen LogP contribution in [0.1, 0.15) is 56.9 Å². The number of aromatic nitrogens is 1. The van der Waals surface area contributed by atoms with Gasteiger partial charge in [0.25, 0.3) is 0 Å². The van der Waals surface area contributed by atoms with Crippen LogP contribution in [0.2, 0.25) is 10.0 Å². The number of carbonyl (C=O) groups is 2. The summed E-state index contributed by atoms with van der Waals surface area (Å²) in [5, 5.41) is 6.12. The molecule has 0 aliphatic carbocycles. The fraction of sp³-hybridized carbons (Fsp3) is 0.361. The van der Waals surface area contributed by atoms with Gasteiger partial charge >= 0.3 is 11.9 Å². The smallest absolute Gasteiger partial charge is 0.348 e. The summed E-state index contributed by atoms with van der Waals surface area (Å²) in [4.78, 5) is 32.8. The van der Waals surface area contributed by atoms with Crippen LogP contribution in [0, 0.1) is 5.92 Å². The largest absolute Gasteiger partial charge is 0.493 e. The number of nitrogens with zero attached hydrogens (tertiary/aromatic N) is 1. The number of carbonyl (C=O) groups excluding carboxylic acids is 2. The standard InChI is InChI=1S/C36H37Cl2N3O6S/c1-44-29-9-8-25(15-31(29)45-2)30(16-26-27(37)18-39-19-28(26)38)46-35(42)33-14-22(21-48-33)17-40-34(24-6-4-3-5-7-24)36(43)47-32-20-41-12-10-23(32)11-13-41/h3-9,14-15,18-19,21,23,30,32,34,40H,10-13,16-17,20H2,1-2H3/p+1/t30-,32-,34?/m0/s1. The Morgan fingerprint density at radius 1 is 0.979 bits per heavy atom. The summed E-state index contributed by atoms with van der Waals surface area (Å²) in [6, 6.07) is 16.1. The summed E-state index contributed by atoms with van der Waals surface area (Å²) in [5.74, 6) is 0.675. The molecule has 0 amide bonds. The number of nitrogens with one attached hydrogen (secondary N) is 2. The van der Waals surface area contributed by atoms with Crippen LogP contribution in [0.25, 0.3) is 0 Å². The Hall–Kier alpha value is -3.67. The second-order valence-corrected chi connectivity index (χ2v) is 13.7. The number of hydrogen-bond donors (Lipinski definition) is 1. The van der Waals surface area contributed by atoms with Gasteiger partial charge in [-0.2, -0.15) is 0 Å². The molecule has 1 unspecified atom stereocenters. The fourth-order valence-corrected chi connectivity index (χ4v) is 7.69. The Morgan fingerprint density at radius 3 is 2.38 bits per heavy atom. The molecule has 5 heterocycles. The van der Waals surface area contributed by atoms with Crippen LogP contribution in [-0.4, -0.2) is 56.8 Å². The van der Waals surface area contributed by atoms with Crippen molar-refractivity contribution < 1.29 is 33.5 Å². The van der Waals surface area contributed by atoms with E-state index in [1.54, 1.807) is 44.8 Å². The number of ether oxygens (including phenoxy) is 4. The summed E-state index contributed by atoms with van der Waals surface area (Å²) in [7, 11) is 3.10. The molecular weight excluding hydrogens is 673 g/mol. The van der Waals surface area contributed by atoms with Gasteiger partial charge in [0.1, 0.15) is 33.2 Å². The van der Waals surface area contributed by atoms with Gasteiger partial charge in [0.15, 0.2) is 23.9 Å². The molecule has 4 aromatic rings. The molecule has 3 saturated heterocycles. The van der Waals surface area contributed by atoms with Gasteiger partial charge in [-0.05, 0) is 72.1 Å². The monoisotopic (exact) mass is 710 g/mol. The lowest BCUT2D eigenvalue weighted by Crippen LogP contribution is -2.52. The minimum absolute atomic E-state index is 0.0899. The SMILES string of the molecule is COc1ccc([C@H](Cc2c(Cl)c[nH+]cc2Cl)OC(=O)c2cc(CNC(C(=O)O[C@H]3CN4CCC3CC4)c3ccccc3)cs2)cc1OC. The van der Waals surface area contributed by atoms with Crippen LogP contribution in [0.3, 0.4) is 0 Å². The zero-order valence-electron chi connectivity index (χ0n) is 26.7. The Bertz CT molecular complexity index is 1710. The Morgan fingerprint density at radius 2 is 1.71 bits per heavy atom. The van der Waals surface area contributed by atoms with Crippen LogP contribution >= 0.6 is 34.5 Å². The van der Waals surface area contributed by atoms with Gasteiger partial charge in [0.05, 0.1) is 14.2 Å². The number of rotatable bonds is 13. The van der Waals surface area contributed by atoms with Crippen molar-refractivity contribution in [2.45, 2.75) is 44.1 Å². The van der Waals surface area contributed by atoms with Crippen molar-refractivity contribution in [3.8, 4) is 11.5 Å².